The van der Waals surface area contributed by atoms with Crippen molar-refractivity contribution in [3.8, 4) is 0 Å². The third kappa shape index (κ3) is 18.1. The molecule has 7 rings (SSSR count). The second-order valence-corrected chi connectivity index (χ2v) is 24.4. The minimum atomic E-state index is -2.50. The van der Waals surface area contributed by atoms with Crippen LogP contribution in [0.3, 0.4) is 0 Å². The van der Waals surface area contributed by atoms with Gasteiger partial charge in [-0.1, -0.05) is 0 Å². The van der Waals surface area contributed by atoms with E-state index in [2.05, 4.69) is 16.0 Å². The number of carbonyl (C=O) groups is 3. The number of ether oxygens (including phenoxy) is 14. The van der Waals surface area contributed by atoms with Gasteiger partial charge < -0.3 is 195 Å². The van der Waals surface area contributed by atoms with Gasteiger partial charge in [-0.2, -0.15) is 0 Å². The third-order valence-electron chi connectivity index (χ3n) is 17.4. The molecule has 0 aromatic heterocycles. The molecule has 0 bridgehead atoms. The van der Waals surface area contributed by atoms with Gasteiger partial charge in [0.15, 0.2) is 44.0 Å². The van der Waals surface area contributed by atoms with Crippen LogP contribution in [-0.4, -0.2) is 415 Å². The molecule has 7 saturated heterocycles. The van der Waals surface area contributed by atoms with Crippen molar-refractivity contribution in [2.75, 3.05) is 46.2 Å². The maximum absolute atomic E-state index is 13.2. The maximum atomic E-state index is 13.2. The average molecular weight is 1410 g/mol. The summed E-state index contributed by atoms with van der Waals surface area (Å²) < 4.78 is 85.0. The number of amides is 3. The van der Waals surface area contributed by atoms with E-state index in [0.29, 0.717) is 0 Å². The molecule has 0 aliphatic carbocycles. The maximum Gasteiger partial charge on any atom is 0.217 e. The fourth-order valence-electron chi connectivity index (χ4n) is 12.0. The van der Waals surface area contributed by atoms with E-state index in [9.17, 15) is 127 Å². The molecule has 7 aliphatic heterocycles. The zero-order chi connectivity index (χ0) is 71.2. The topological polar surface area (TPSA) is 662 Å². The minimum Gasteiger partial charge on any atom is -0.394 e. The fraction of sp³-hybridized carbons (Fsp3) is 0.944. The van der Waals surface area contributed by atoms with Crippen LogP contribution in [0.1, 0.15) is 34.6 Å². The lowest BCUT2D eigenvalue weighted by molar-refractivity contribution is -0.417. The molecule has 39 atom stereocenters. The molecule has 42 nitrogen and oxygen atoms in total. The lowest BCUT2D eigenvalue weighted by Crippen LogP contribution is -2.71. The van der Waals surface area contributed by atoms with Gasteiger partial charge in [0.1, 0.15) is 177 Å². The number of hydrogen-bond acceptors (Lipinski definition) is 39. The molecule has 0 spiro atoms. The van der Waals surface area contributed by atoms with Crippen molar-refractivity contribution in [2.24, 2.45) is 0 Å². The van der Waals surface area contributed by atoms with E-state index in [1.165, 1.54) is 13.8 Å². The molecule has 7 fully saturated rings. The highest BCUT2D eigenvalue weighted by atomic mass is 16.8. The van der Waals surface area contributed by atoms with Gasteiger partial charge in [0.05, 0.1) is 64.5 Å². The van der Waals surface area contributed by atoms with Crippen LogP contribution in [0.25, 0.3) is 0 Å². The molecule has 0 aromatic carbocycles. The summed E-state index contributed by atoms with van der Waals surface area (Å²) >= 11 is 0. The van der Waals surface area contributed by atoms with Crippen LogP contribution >= 0.6 is 0 Å². The molecular formula is C54H93N3O39. The van der Waals surface area contributed by atoms with E-state index in [0.717, 1.165) is 20.8 Å². The van der Waals surface area contributed by atoms with Crippen LogP contribution < -0.4 is 16.0 Å². The quantitative estimate of drug-likeness (QED) is 0.0363. The fourth-order valence-corrected chi connectivity index (χ4v) is 12.0. The SMILES string of the molecule is CC(=O)N[C@H]1[C@H](OC[C@H]2O[C@@H](O[C@@H]([C@@H](O)[C@H](O)CO)[C@H](CO)NC(C)=O)[C@H](O[C@@H]3O[C@@H](C)[C@@H](O)[C@@H](O)[C@@H]3O)[C@@H](O[C@@H]3O[C@H](CO)[C@H](O)[C@H](O[C@H]4O[C@H](CO)[C@H](O)[C@H](O[C@H]5O[C@H](CO)[C@H](O)[C@H](O)[C@H]5O)[C@H]4NC(C)=O)[C@H]3O[C@@H]3O[C@@H](C)[C@@H](O)[C@@H](O)[C@@H]3O)[C@H]2O)O[C@H](CO)[C@@H](O)[C@@H]1O. The van der Waals surface area contributed by atoms with Crippen LogP contribution in [0.5, 0.6) is 0 Å². The lowest BCUT2D eigenvalue weighted by Gasteiger charge is -2.52. The number of carbonyl (C=O) groups excluding carboxylic acids is 3. The zero-order valence-corrected chi connectivity index (χ0v) is 52.2. The Balaban J connectivity index is 1.40. The van der Waals surface area contributed by atoms with Crippen molar-refractivity contribution >= 4 is 17.7 Å². The van der Waals surface area contributed by atoms with Crippen LogP contribution in [0.2, 0.25) is 0 Å². The molecule has 96 heavy (non-hydrogen) atoms. The molecule has 7 aliphatic rings. The van der Waals surface area contributed by atoms with Crippen molar-refractivity contribution in [2.45, 2.75) is 274 Å². The summed E-state index contributed by atoms with van der Waals surface area (Å²) in [6.07, 6.45) is -75.6. The average Bonchev–Trinajstić information content (AvgIpc) is 0.764. The number of hydrogen-bond donors (Lipinski definition) is 25. The highest BCUT2D eigenvalue weighted by Crippen LogP contribution is 2.40. The Kier molecular flexibility index (Phi) is 29.5. The summed E-state index contributed by atoms with van der Waals surface area (Å²) in [6.45, 7) is -2.53. The summed E-state index contributed by atoms with van der Waals surface area (Å²) in [7, 11) is 0. The first kappa shape index (κ1) is 80.3. The normalized spacial score (nSPS) is 46.8. The smallest absolute Gasteiger partial charge is 0.217 e. The third-order valence-corrected chi connectivity index (χ3v) is 17.4. The molecule has 558 valence electrons. The van der Waals surface area contributed by atoms with E-state index in [4.69, 9.17) is 66.3 Å². The number of aliphatic hydroxyl groups excluding tert-OH is 22. The highest BCUT2D eigenvalue weighted by molar-refractivity contribution is 5.74. The summed E-state index contributed by atoms with van der Waals surface area (Å²) in [5, 5.41) is 250. The van der Waals surface area contributed by atoms with Crippen LogP contribution in [0, 0.1) is 0 Å². The van der Waals surface area contributed by atoms with Crippen molar-refractivity contribution in [3.63, 3.8) is 0 Å². The summed E-state index contributed by atoms with van der Waals surface area (Å²) in [4.78, 5) is 38.3. The molecular weight excluding hydrogens is 1310 g/mol. The Morgan fingerprint density at radius 3 is 1.23 bits per heavy atom. The van der Waals surface area contributed by atoms with Gasteiger partial charge in [-0.05, 0) is 13.8 Å². The number of aliphatic hydroxyl groups is 22. The number of nitrogens with one attached hydrogen (secondary N) is 3. The standard InChI is InChI=1S/C54H93N3O39/c1-13-27(68)36(77)39(80)50(84-13)95-46-44(93-49-26(57-17(5)66)43(32(73)22(10-62)87-49)92-52-41(82)38(79)31(72)21(9-61)88-52)33(74)23(11-63)89-53(46)94-45-34(75)24(12-83-48-25(56-16(4)65)35(76)30(71)20(8-60)86-48)90-54(47(45)96-51-40(81)37(78)28(69)14(2)85-51)91-42(29(70)19(67)7-59)18(6-58)55-15(3)64/h13-14,18-54,58-63,67-82H,6-12H2,1-5H3,(H,55,64)(H,56,65)(H,57,66)/t13-,14-,18-,19+,20+,21+,22+,23+,24+,25+,26+,27+,28+,29-,30+,31-,32-,33-,34-,35+,36+,37+,38-,39-,40-,41+,42+,43+,44-,45-,46+,47+,48+,49+,50-,51-,52+,53-,54-/m0/s1. The van der Waals surface area contributed by atoms with Crippen LogP contribution in [-0.2, 0) is 80.7 Å². The first-order chi connectivity index (χ1) is 45.3. The Hall–Kier alpha value is -3.03. The Morgan fingerprint density at radius 2 is 0.750 bits per heavy atom. The number of rotatable bonds is 27. The van der Waals surface area contributed by atoms with Crippen molar-refractivity contribution in [1.82, 2.24) is 16.0 Å². The molecule has 0 unspecified atom stereocenters. The molecule has 0 radical (unpaired) electrons. The molecule has 0 saturated carbocycles. The summed E-state index contributed by atoms with van der Waals surface area (Å²) in [5.74, 6) is -2.70. The van der Waals surface area contributed by atoms with Gasteiger partial charge in [0.25, 0.3) is 0 Å². The second-order valence-electron chi connectivity index (χ2n) is 24.4. The Labute approximate surface area is 545 Å². The summed E-state index contributed by atoms with van der Waals surface area (Å²) in [5.41, 5.74) is 0. The molecule has 7 heterocycles. The predicted octanol–water partition coefficient (Wildman–Crippen LogP) is -16.3. The minimum absolute atomic E-state index is 0.829. The van der Waals surface area contributed by atoms with Gasteiger partial charge in [0, 0.05) is 20.8 Å². The largest absolute Gasteiger partial charge is 0.394 e. The molecule has 42 heteroatoms. The predicted molar refractivity (Wildman–Crippen MR) is 299 cm³/mol. The van der Waals surface area contributed by atoms with Crippen LogP contribution in [0.4, 0.5) is 0 Å². The monoisotopic (exact) mass is 1410 g/mol. The first-order valence-corrected chi connectivity index (χ1v) is 30.8. The lowest BCUT2D eigenvalue weighted by atomic mass is 9.93. The van der Waals surface area contributed by atoms with Gasteiger partial charge >= 0.3 is 0 Å². The first-order valence-electron chi connectivity index (χ1n) is 30.8. The van der Waals surface area contributed by atoms with Gasteiger partial charge in [-0.15, -0.1) is 0 Å². The van der Waals surface area contributed by atoms with E-state index in [-0.39, 0.29) is 0 Å². The summed E-state index contributed by atoms with van der Waals surface area (Å²) in [6, 6.07) is -5.48. The van der Waals surface area contributed by atoms with Crippen molar-refractivity contribution in [3.05, 3.63) is 0 Å². The Bertz CT molecular complexity index is 2420. The molecule has 0 aromatic rings. The van der Waals surface area contributed by atoms with Gasteiger partial charge in [0.2, 0.25) is 17.7 Å². The van der Waals surface area contributed by atoms with Crippen LogP contribution in [0.15, 0.2) is 0 Å². The van der Waals surface area contributed by atoms with E-state index in [1.54, 1.807) is 0 Å². The van der Waals surface area contributed by atoms with Crippen molar-refractivity contribution < 1.29 is 193 Å². The second kappa shape index (κ2) is 35.2. The van der Waals surface area contributed by atoms with E-state index in [1.807, 2.05) is 0 Å². The van der Waals surface area contributed by atoms with Crippen molar-refractivity contribution in [1.29, 1.82) is 0 Å². The highest BCUT2D eigenvalue weighted by Gasteiger charge is 2.61. The van der Waals surface area contributed by atoms with E-state index < -0.39 is 303 Å². The zero-order valence-electron chi connectivity index (χ0n) is 52.2. The molecule has 25 N–H and O–H groups in total. The van der Waals surface area contributed by atoms with E-state index >= 15 is 0 Å². The molecule has 3 amide bonds. The Morgan fingerprint density at radius 1 is 0.375 bits per heavy atom. The van der Waals surface area contributed by atoms with Gasteiger partial charge in [-0.3, -0.25) is 14.4 Å². The van der Waals surface area contributed by atoms with Gasteiger partial charge in [-0.25, -0.2) is 0 Å².